The number of amides is 1. The van der Waals surface area contributed by atoms with Crippen LogP contribution in [0.5, 0.6) is 0 Å². The molecular formula is C16H15ClN2O3S. The first-order valence-electron chi connectivity index (χ1n) is 6.81. The van der Waals surface area contributed by atoms with Gasteiger partial charge >= 0.3 is 0 Å². The van der Waals surface area contributed by atoms with Crippen molar-refractivity contribution in [2.45, 2.75) is 18.7 Å². The summed E-state index contributed by atoms with van der Waals surface area (Å²) in [6.45, 7) is 3.60. The van der Waals surface area contributed by atoms with Gasteiger partial charge in [0.25, 0.3) is 5.69 Å². The first-order valence-corrected chi connectivity index (χ1v) is 8.17. The predicted octanol–water partition coefficient (Wildman–Crippen LogP) is 4.60. The summed E-state index contributed by atoms with van der Waals surface area (Å²) in [5, 5.41) is 14.4. The number of aryl methyl sites for hydroxylation is 1. The van der Waals surface area contributed by atoms with Gasteiger partial charge in [0.15, 0.2) is 0 Å². The van der Waals surface area contributed by atoms with Gasteiger partial charge in [-0.15, -0.1) is 11.8 Å². The quantitative estimate of drug-likeness (QED) is 0.486. The number of halogens is 1. The number of anilines is 1. The molecule has 0 saturated carbocycles. The molecule has 0 atom stereocenters. The summed E-state index contributed by atoms with van der Waals surface area (Å²) in [6, 6.07) is 10.2. The van der Waals surface area contributed by atoms with Crippen molar-refractivity contribution in [3.05, 3.63) is 62.7 Å². The topological polar surface area (TPSA) is 72.2 Å². The zero-order valence-corrected chi connectivity index (χ0v) is 14.2. The maximum atomic E-state index is 12.1. The minimum Gasteiger partial charge on any atom is -0.319 e. The lowest BCUT2D eigenvalue weighted by Gasteiger charge is -2.11. The largest absolute Gasteiger partial charge is 0.319 e. The number of benzene rings is 2. The lowest BCUT2D eigenvalue weighted by Crippen LogP contribution is -2.16. The monoisotopic (exact) mass is 350 g/mol. The van der Waals surface area contributed by atoms with Crippen molar-refractivity contribution in [3.8, 4) is 0 Å². The van der Waals surface area contributed by atoms with E-state index in [1.54, 1.807) is 25.1 Å². The third-order valence-electron chi connectivity index (χ3n) is 3.36. The molecule has 0 aromatic heterocycles. The second-order valence-corrected chi connectivity index (χ2v) is 6.43. The maximum Gasteiger partial charge on any atom is 0.293 e. The molecule has 0 aliphatic rings. The molecule has 2 aromatic carbocycles. The minimum absolute atomic E-state index is 0.0991. The molecule has 120 valence electrons. The minimum atomic E-state index is -0.492. The van der Waals surface area contributed by atoms with Crippen LogP contribution in [0.4, 0.5) is 11.4 Å². The van der Waals surface area contributed by atoms with E-state index in [0.29, 0.717) is 10.6 Å². The van der Waals surface area contributed by atoms with Crippen molar-refractivity contribution in [1.29, 1.82) is 0 Å². The van der Waals surface area contributed by atoms with Crippen LogP contribution in [0.1, 0.15) is 11.1 Å². The summed E-state index contributed by atoms with van der Waals surface area (Å²) in [7, 11) is 0. The molecule has 0 aliphatic heterocycles. The Balaban J connectivity index is 2.09. The molecule has 1 N–H and O–H groups in total. The second-order valence-electron chi connectivity index (χ2n) is 4.95. The summed E-state index contributed by atoms with van der Waals surface area (Å²) in [5.41, 5.74) is 1.75. The molecule has 0 fully saturated rings. The normalized spacial score (nSPS) is 10.4. The number of nitrogens with one attached hydrogen (secondary N) is 1. The highest BCUT2D eigenvalue weighted by atomic mass is 35.5. The molecule has 0 spiro atoms. The highest BCUT2D eigenvalue weighted by molar-refractivity contribution is 8.00. The standard InChI is InChI=1S/C16H15ClN2O3S/c1-10-3-8-14(19(21)22)16(11(10)2)18-15(20)9-23-13-6-4-12(17)5-7-13/h3-8H,9H2,1-2H3,(H,18,20). The average molecular weight is 351 g/mol. The summed E-state index contributed by atoms with van der Waals surface area (Å²) in [6.07, 6.45) is 0. The van der Waals surface area contributed by atoms with Crippen molar-refractivity contribution >= 4 is 40.6 Å². The smallest absolute Gasteiger partial charge is 0.293 e. The van der Waals surface area contributed by atoms with E-state index in [9.17, 15) is 14.9 Å². The predicted molar refractivity (Wildman–Crippen MR) is 93.4 cm³/mol. The van der Waals surface area contributed by atoms with E-state index in [1.807, 2.05) is 19.1 Å². The lowest BCUT2D eigenvalue weighted by atomic mass is 10.1. The number of carbonyl (C=O) groups is 1. The van der Waals surface area contributed by atoms with E-state index >= 15 is 0 Å². The number of carbonyl (C=O) groups excluding carboxylic acids is 1. The Morgan fingerprint density at radius 1 is 1.22 bits per heavy atom. The number of nitrogens with zero attached hydrogens (tertiary/aromatic N) is 1. The average Bonchev–Trinajstić information content (AvgIpc) is 2.51. The molecule has 0 unspecified atom stereocenters. The number of nitro benzene ring substituents is 1. The van der Waals surface area contributed by atoms with Crippen LogP contribution in [0.3, 0.4) is 0 Å². The van der Waals surface area contributed by atoms with E-state index in [1.165, 1.54) is 17.8 Å². The molecule has 7 heteroatoms. The lowest BCUT2D eigenvalue weighted by molar-refractivity contribution is -0.384. The molecule has 2 rings (SSSR count). The van der Waals surface area contributed by atoms with E-state index in [4.69, 9.17) is 11.6 Å². The zero-order chi connectivity index (χ0) is 17.0. The van der Waals surface area contributed by atoms with Gasteiger partial charge in [-0.2, -0.15) is 0 Å². The van der Waals surface area contributed by atoms with Gasteiger partial charge < -0.3 is 5.32 Å². The van der Waals surface area contributed by atoms with Gasteiger partial charge in [0.05, 0.1) is 10.7 Å². The number of thioether (sulfide) groups is 1. The fraction of sp³-hybridized carbons (Fsp3) is 0.188. The van der Waals surface area contributed by atoms with E-state index in [0.717, 1.165) is 10.5 Å². The molecule has 0 aliphatic carbocycles. The van der Waals surface area contributed by atoms with Crippen LogP contribution in [-0.4, -0.2) is 16.6 Å². The Hall–Kier alpha value is -2.05. The Morgan fingerprint density at radius 3 is 2.48 bits per heavy atom. The summed E-state index contributed by atoms with van der Waals surface area (Å²) in [5.74, 6) is -0.131. The highest BCUT2D eigenvalue weighted by Crippen LogP contribution is 2.30. The Kier molecular flexibility index (Phi) is 5.63. The van der Waals surface area contributed by atoms with Crippen LogP contribution in [0.15, 0.2) is 41.3 Å². The maximum absolute atomic E-state index is 12.1. The number of hydrogen-bond donors (Lipinski definition) is 1. The Morgan fingerprint density at radius 2 is 1.87 bits per heavy atom. The zero-order valence-electron chi connectivity index (χ0n) is 12.6. The van der Waals surface area contributed by atoms with E-state index in [2.05, 4.69) is 5.32 Å². The van der Waals surface area contributed by atoms with Crippen molar-refractivity contribution < 1.29 is 9.72 Å². The third kappa shape index (κ3) is 4.46. The van der Waals surface area contributed by atoms with Crippen LogP contribution in [0.25, 0.3) is 0 Å². The second kappa shape index (κ2) is 7.48. The molecule has 1 amide bonds. The van der Waals surface area contributed by atoms with Crippen molar-refractivity contribution in [2.24, 2.45) is 0 Å². The summed E-state index contributed by atoms with van der Waals surface area (Å²) >= 11 is 7.15. The van der Waals surface area contributed by atoms with E-state index in [-0.39, 0.29) is 23.0 Å². The van der Waals surface area contributed by atoms with Crippen LogP contribution >= 0.6 is 23.4 Å². The Bertz CT molecular complexity index is 748. The van der Waals surface area contributed by atoms with Gasteiger partial charge in [-0.25, -0.2) is 0 Å². The summed E-state index contributed by atoms with van der Waals surface area (Å²) < 4.78 is 0. The van der Waals surface area contributed by atoms with Crippen molar-refractivity contribution in [1.82, 2.24) is 0 Å². The number of rotatable bonds is 5. The first kappa shape index (κ1) is 17.3. The van der Waals surface area contributed by atoms with Gasteiger partial charge in [-0.05, 0) is 49.2 Å². The van der Waals surface area contributed by atoms with Gasteiger partial charge in [-0.3, -0.25) is 14.9 Å². The molecule has 5 nitrogen and oxygen atoms in total. The third-order valence-corrected chi connectivity index (χ3v) is 4.62. The first-order chi connectivity index (χ1) is 10.9. The van der Waals surface area contributed by atoms with Gasteiger partial charge in [0.2, 0.25) is 5.91 Å². The molecule has 0 bridgehead atoms. The van der Waals surface area contributed by atoms with E-state index < -0.39 is 4.92 Å². The number of hydrogen-bond acceptors (Lipinski definition) is 4. The SMILES string of the molecule is Cc1ccc([N+](=O)[O-])c(NC(=O)CSc2ccc(Cl)cc2)c1C. The fourth-order valence-electron chi connectivity index (χ4n) is 1.97. The molecule has 0 saturated heterocycles. The van der Waals surface area contributed by atoms with Crippen LogP contribution < -0.4 is 5.32 Å². The van der Waals surface area contributed by atoms with Gasteiger partial charge in [0, 0.05) is 16.0 Å². The van der Waals surface area contributed by atoms with Crippen LogP contribution in [0, 0.1) is 24.0 Å². The molecule has 2 aromatic rings. The molecule has 0 heterocycles. The molecule has 23 heavy (non-hydrogen) atoms. The van der Waals surface area contributed by atoms with Crippen molar-refractivity contribution in [3.63, 3.8) is 0 Å². The molecular weight excluding hydrogens is 336 g/mol. The number of nitro groups is 1. The van der Waals surface area contributed by atoms with Crippen molar-refractivity contribution in [2.75, 3.05) is 11.1 Å². The fourth-order valence-corrected chi connectivity index (χ4v) is 2.79. The van der Waals surface area contributed by atoms with Gasteiger partial charge in [0.1, 0.15) is 5.69 Å². The van der Waals surface area contributed by atoms with Crippen LogP contribution in [-0.2, 0) is 4.79 Å². The van der Waals surface area contributed by atoms with Crippen LogP contribution in [0.2, 0.25) is 5.02 Å². The Labute approximate surface area is 143 Å². The van der Waals surface area contributed by atoms with Gasteiger partial charge in [-0.1, -0.05) is 17.7 Å². The molecule has 0 radical (unpaired) electrons. The summed E-state index contributed by atoms with van der Waals surface area (Å²) in [4.78, 5) is 23.6. The highest BCUT2D eigenvalue weighted by Gasteiger charge is 2.19.